The molecule has 0 saturated carbocycles. The number of amides is 2. The summed E-state index contributed by atoms with van der Waals surface area (Å²) in [6.45, 7) is 2.93. The monoisotopic (exact) mass is 358 g/mol. The fraction of sp³-hybridized carbons (Fsp3) is 0.385. The normalized spacial score (nSPS) is 18.5. The zero-order valence-corrected chi connectivity index (χ0v) is 13.4. The molecule has 5 nitrogen and oxygen atoms in total. The lowest BCUT2D eigenvalue weighted by atomic mass is 10.3. The van der Waals surface area contributed by atoms with E-state index in [2.05, 4.69) is 21.2 Å². The van der Waals surface area contributed by atoms with Gasteiger partial charge in [-0.1, -0.05) is 15.9 Å². The summed E-state index contributed by atoms with van der Waals surface area (Å²) in [5.74, 6) is 0.578. The number of carbonyl (C=O) groups is 2. The smallest absolute Gasteiger partial charge is 0.290 e. The molecule has 20 heavy (non-hydrogen) atoms. The van der Waals surface area contributed by atoms with E-state index in [1.807, 2.05) is 31.2 Å². The first-order valence-electron chi connectivity index (χ1n) is 6.23. The second kappa shape index (κ2) is 6.99. The first-order valence-corrected chi connectivity index (χ1v) is 8.23. The fourth-order valence-corrected chi connectivity index (χ4v) is 3.08. The summed E-state index contributed by atoms with van der Waals surface area (Å²) < 4.78 is 5.35. The van der Waals surface area contributed by atoms with Crippen LogP contribution in [0, 0.1) is 0 Å². The van der Waals surface area contributed by atoms with Gasteiger partial charge in [0, 0.05) is 17.6 Å². The van der Waals surface area contributed by atoms with Crippen molar-refractivity contribution in [2.24, 2.45) is 0 Å². The first-order chi connectivity index (χ1) is 9.65. The van der Waals surface area contributed by atoms with Crippen LogP contribution in [0.1, 0.15) is 6.92 Å². The Balaban J connectivity index is 2.00. The van der Waals surface area contributed by atoms with Crippen molar-refractivity contribution in [2.45, 2.75) is 12.3 Å². The van der Waals surface area contributed by atoms with Crippen LogP contribution in [0.25, 0.3) is 0 Å². The lowest BCUT2D eigenvalue weighted by Crippen LogP contribution is -2.35. The van der Waals surface area contributed by atoms with Crippen LogP contribution in [-0.4, -0.2) is 39.9 Å². The highest BCUT2D eigenvalue weighted by atomic mass is 79.9. The third kappa shape index (κ3) is 3.46. The topological polar surface area (TPSA) is 58.6 Å². The van der Waals surface area contributed by atoms with E-state index < -0.39 is 5.37 Å². The average Bonchev–Trinajstić information content (AvgIpc) is 2.69. The number of rotatable bonds is 6. The summed E-state index contributed by atoms with van der Waals surface area (Å²) in [7, 11) is 0. The molecule has 0 unspecified atom stereocenters. The number of carbonyl (C=O) groups excluding carboxylic acids is 2. The van der Waals surface area contributed by atoms with Crippen molar-refractivity contribution in [3.63, 3.8) is 0 Å². The van der Waals surface area contributed by atoms with Gasteiger partial charge in [-0.15, -0.1) is 0 Å². The molecule has 0 aromatic heterocycles. The minimum Gasteiger partial charge on any atom is -0.494 e. The quantitative estimate of drug-likeness (QED) is 0.792. The number of nitrogens with zero attached hydrogens (tertiary/aromatic N) is 1. The predicted molar refractivity (Wildman–Crippen MR) is 83.5 cm³/mol. The highest BCUT2D eigenvalue weighted by molar-refractivity contribution is 9.09. The second-order valence-corrected chi connectivity index (χ2v) is 5.89. The number of alkyl halides is 1. The van der Waals surface area contributed by atoms with Crippen LogP contribution in [0.15, 0.2) is 24.3 Å². The van der Waals surface area contributed by atoms with Gasteiger partial charge >= 0.3 is 0 Å². The Morgan fingerprint density at radius 2 is 2.05 bits per heavy atom. The molecule has 0 spiro atoms. The number of hydrogen-bond donors (Lipinski definition) is 1. The number of benzene rings is 1. The summed E-state index contributed by atoms with van der Waals surface area (Å²) in [5, 5.41) is 2.88. The Labute approximate surface area is 130 Å². The van der Waals surface area contributed by atoms with E-state index in [0.717, 1.165) is 23.2 Å². The van der Waals surface area contributed by atoms with Gasteiger partial charge in [0.15, 0.2) is 5.37 Å². The van der Waals surface area contributed by atoms with E-state index in [4.69, 9.17) is 4.74 Å². The zero-order chi connectivity index (χ0) is 14.5. The lowest BCUT2D eigenvalue weighted by molar-refractivity contribution is -0.125. The Morgan fingerprint density at radius 3 is 2.65 bits per heavy atom. The van der Waals surface area contributed by atoms with Crippen LogP contribution in [0.4, 0.5) is 10.5 Å². The summed E-state index contributed by atoms with van der Waals surface area (Å²) in [6.07, 6.45) is 0. The number of ether oxygens (including phenoxy) is 1. The number of nitrogens with one attached hydrogen (secondary N) is 1. The Bertz CT molecular complexity index is 495. The molecule has 0 bridgehead atoms. The molecule has 1 heterocycles. The van der Waals surface area contributed by atoms with Crippen LogP contribution in [0.3, 0.4) is 0 Å². The average molecular weight is 359 g/mol. The van der Waals surface area contributed by atoms with Crippen LogP contribution in [0.2, 0.25) is 0 Å². The number of anilines is 1. The summed E-state index contributed by atoms with van der Waals surface area (Å²) >= 11 is 4.24. The molecule has 108 valence electrons. The van der Waals surface area contributed by atoms with E-state index in [-0.39, 0.29) is 11.1 Å². The third-order valence-corrected chi connectivity index (χ3v) is 4.03. The summed E-state index contributed by atoms with van der Waals surface area (Å²) in [5.41, 5.74) is 0.785. The molecular weight excluding hydrogens is 344 g/mol. The van der Waals surface area contributed by atoms with Crippen molar-refractivity contribution in [1.82, 2.24) is 4.90 Å². The van der Waals surface area contributed by atoms with Crippen molar-refractivity contribution in [3.8, 4) is 5.75 Å². The maximum Gasteiger partial charge on any atom is 0.290 e. The number of imide groups is 1. The molecule has 2 rings (SSSR count). The maximum atomic E-state index is 12.1. The molecule has 7 heteroatoms. The van der Waals surface area contributed by atoms with Crippen LogP contribution in [0.5, 0.6) is 5.75 Å². The van der Waals surface area contributed by atoms with E-state index in [0.29, 0.717) is 18.5 Å². The van der Waals surface area contributed by atoms with E-state index in [9.17, 15) is 9.59 Å². The van der Waals surface area contributed by atoms with Crippen LogP contribution < -0.4 is 10.1 Å². The van der Waals surface area contributed by atoms with Gasteiger partial charge in [0.05, 0.1) is 6.61 Å². The number of hydrogen-bond acceptors (Lipinski definition) is 5. The van der Waals surface area contributed by atoms with Crippen molar-refractivity contribution in [2.75, 3.05) is 23.8 Å². The molecule has 0 radical (unpaired) electrons. The van der Waals surface area contributed by atoms with Crippen molar-refractivity contribution >= 4 is 44.5 Å². The predicted octanol–water partition coefficient (Wildman–Crippen LogP) is 2.91. The van der Waals surface area contributed by atoms with E-state index >= 15 is 0 Å². The highest BCUT2D eigenvalue weighted by Crippen LogP contribution is 2.28. The summed E-state index contributed by atoms with van der Waals surface area (Å²) in [4.78, 5) is 25.0. The van der Waals surface area contributed by atoms with E-state index in [1.165, 1.54) is 4.90 Å². The van der Waals surface area contributed by atoms with Crippen LogP contribution >= 0.6 is 27.7 Å². The van der Waals surface area contributed by atoms with Gasteiger partial charge in [-0.2, -0.15) is 0 Å². The van der Waals surface area contributed by atoms with Crippen molar-refractivity contribution in [1.29, 1.82) is 0 Å². The first kappa shape index (κ1) is 15.2. The molecule has 1 atom stereocenters. The largest absolute Gasteiger partial charge is 0.494 e. The molecule has 1 aliphatic heterocycles. The Hall–Kier alpha value is -1.21. The van der Waals surface area contributed by atoms with Gasteiger partial charge in [0.2, 0.25) is 0 Å². The molecule has 1 saturated heterocycles. The Morgan fingerprint density at radius 1 is 1.35 bits per heavy atom. The van der Waals surface area contributed by atoms with Gasteiger partial charge < -0.3 is 10.1 Å². The molecule has 1 aromatic rings. The third-order valence-electron chi connectivity index (χ3n) is 2.70. The minimum atomic E-state index is -0.556. The second-order valence-electron chi connectivity index (χ2n) is 4.04. The molecule has 1 aliphatic rings. The van der Waals surface area contributed by atoms with Gasteiger partial charge in [0.25, 0.3) is 11.1 Å². The minimum absolute atomic E-state index is 0.201. The van der Waals surface area contributed by atoms with Gasteiger partial charge in [-0.25, -0.2) is 0 Å². The maximum absolute atomic E-state index is 12.1. The molecule has 0 aliphatic carbocycles. The zero-order valence-electron chi connectivity index (χ0n) is 11.0. The van der Waals surface area contributed by atoms with E-state index in [1.54, 1.807) is 0 Å². The standard InChI is InChI=1S/C13H15BrN2O3S/c1-2-19-10-5-3-9(4-6-10)15-11-12(17)16(8-7-14)13(18)20-11/h3-6,11,15H,2,7-8H2,1H3/t11-/m1/s1. The van der Waals surface area contributed by atoms with Gasteiger partial charge in [0.1, 0.15) is 5.75 Å². The van der Waals surface area contributed by atoms with Crippen molar-refractivity contribution in [3.05, 3.63) is 24.3 Å². The highest BCUT2D eigenvalue weighted by Gasteiger charge is 2.39. The molecule has 1 N–H and O–H groups in total. The SMILES string of the molecule is CCOc1ccc(N[C@@H]2SC(=O)N(CCBr)C2=O)cc1. The lowest BCUT2D eigenvalue weighted by Gasteiger charge is -2.13. The molecule has 1 aromatic carbocycles. The van der Waals surface area contributed by atoms with Gasteiger partial charge in [-0.05, 0) is 43.0 Å². The van der Waals surface area contributed by atoms with Crippen LogP contribution in [-0.2, 0) is 4.79 Å². The number of halogens is 1. The molecule has 1 fully saturated rings. The fourth-order valence-electron chi connectivity index (χ4n) is 1.79. The van der Waals surface area contributed by atoms with Crippen molar-refractivity contribution < 1.29 is 14.3 Å². The van der Waals surface area contributed by atoms with Gasteiger partial charge in [-0.3, -0.25) is 14.5 Å². The molecule has 2 amide bonds. The molecular formula is C13H15BrN2O3S. The number of thioether (sulfide) groups is 1. The Kier molecular flexibility index (Phi) is 5.31. The summed E-state index contributed by atoms with van der Waals surface area (Å²) in [6, 6.07) is 7.31.